The van der Waals surface area contributed by atoms with E-state index in [-0.39, 0.29) is 5.82 Å². The van der Waals surface area contributed by atoms with Crippen molar-refractivity contribution in [1.82, 2.24) is 4.98 Å². The van der Waals surface area contributed by atoms with Gasteiger partial charge in [0.25, 0.3) is 0 Å². The highest BCUT2D eigenvalue weighted by Crippen LogP contribution is 2.15. The number of hydrogen-bond acceptors (Lipinski definition) is 2. The maximum absolute atomic E-state index is 13.0. The van der Waals surface area contributed by atoms with Crippen LogP contribution in [0.4, 0.5) is 10.2 Å². The molecule has 0 spiro atoms. The Labute approximate surface area is 105 Å². The van der Waals surface area contributed by atoms with Gasteiger partial charge in [0.15, 0.2) is 0 Å². The number of benzene rings is 1. The van der Waals surface area contributed by atoms with Crippen molar-refractivity contribution in [2.24, 2.45) is 0 Å². The van der Waals surface area contributed by atoms with Gasteiger partial charge in [-0.25, -0.2) is 9.37 Å². The highest BCUT2D eigenvalue weighted by molar-refractivity contribution is 6.30. The van der Waals surface area contributed by atoms with Crippen molar-refractivity contribution in [3.63, 3.8) is 0 Å². The van der Waals surface area contributed by atoms with E-state index in [0.717, 1.165) is 11.4 Å². The molecule has 0 fully saturated rings. The van der Waals surface area contributed by atoms with Gasteiger partial charge in [-0.05, 0) is 29.8 Å². The van der Waals surface area contributed by atoms with Gasteiger partial charge in [-0.1, -0.05) is 23.7 Å². The van der Waals surface area contributed by atoms with E-state index >= 15 is 0 Å². The lowest BCUT2D eigenvalue weighted by atomic mass is 10.2. The van der Waals surface area contributed by atoms with Crippen LogP contribution in [0.3, 0.4) is 0 Å². The van der Waals surface area contributed by atoms with Gasteiger partial charge in [-0.3, -0.25) is 0 Å². The molecular formula is C13H12ClFN2. The summed E-state index contributed by atoms with van der Waals surface area (Å²) >= 11 is 5.77. The van der Waals surface area contributed by atoms with Gasteiger partial charge in [0.1, 0.15) is 11.6 Å². The van der Waals surface area contributed by atoms with Crippen LogP contribution in [-0.2, 0) is 6.54 Å². The first kappa shape index (κ1) is 11.9. The second-order valence-electron chi connectivity index (χ2n) is 3.82. The Morgan fingerprint density at radius 1 is 1.29 bits per heavy atom. The molecule has 4 heteroatoms. The van der Waals surface area contributed by atoms with E-state index in [9.17, 15) is 4.39 Å². The minimum atomic E-state index is -0.222. The number of anilines is 1. The molecule has 2 nitrogen and oxygen atoms in total. The number of pyridine rings is 1. The topological polar surface area (TPSA) is 16.1 Å². The normalized spacial score (nSPS) is 10.3. The van der Waals surface area contributed by atoms with E-state index in [0.29, 0.717) is 11.6 Å². The highest BCUT2D eigenvalue weighted by Gasteiger charge is 2.04. The van der Waals surface area contributed by atoms with E-state index in [1.807, 2.05) is 24.1 Å². The molecule has 0 amide bonds. The molecule has 2 rings (SSSR count). The molecule has 0 aliphatic carbocycles. The van der Waals surface area contributed by atoms with Crippen LogP contribution >= 0.6 is 11.6 Å². The fourth-order valence-electron chi connectivity index (χ4n) is 1.58. The Bertz CT molecular complexity index is 499. The lowest BCUT2D eigenvalue weighted by Gasteiger charge is -2.18. The Balaban J connectivity index is 2.11. The maximum atomic E-state index is 13.0. The van der Waals surface area contributed by atoms with Crippen LogP contribution in [0.15, 0.2) is 42.6 Å². The van der Waals surface area contributed by atoms with Crippen LogP contribution in [0.25, 0.3) is 0 Å². The zero-order valence-electron chi connectivity index (χ0n) is 9.40. The molecule has 17 heavy (non-hydrogen) atoms. The average Bonchev–Trinajstić information content (AvgIpc) is 2.29. The molecule has 1 aromatic heterocycles. The zero-order valence-corrected chi connectivity index (χ0v) is 10.2. The van der Waals surface area contributed by atoms with Crippen molar-refractivity contribution in [1.29, 1.82) is 0 Å². The van der Waals surface area contributed by atoms with Crippen LogP contribution in [0.2, 0.25) is 5.02 Å². The summed E-state index contributed by atoms with van der Waals surface area (Å²) in [5, 5.41) is 0.605. The maximum Gasteiger partial charge on any atom is 0.128 e. The predicted octanol–water partition coefficient (Wildman–Crippen LogP) is 3.51. The monoisotopic (exact) mass is 250 g/mol. The minimum Gasteiger partial charge on any atom is -0.355 e. The molecule has 0 atom stereocenters. The molecular weight excluding hydrogens is 239 g/mol. The Morgan fingerprint density at radius 3 is 2.76 bits per heavy atom. The van der Waals surface area contributed by atoms with Crippen molar-refractivity contribution < 1.29 is 4.39 Å². The predicted molar refractivity (Wildman–Crippen MR) is 67.8 cm³/mol. The van der Waals surface area contributed by atoms with Gasteiger partial charge < -0.3 is 4.90 Å². The average molecular weight is 251 g/mol. The smallest absolute Gasteiger partial charge is 0.128 e. The standard InChI is InChI=1S/C13H12ClFN2/c1-17(13-6-5-11(14)8-16-13)9-10-3-2-4-12(15)7-10/h2-8H,9H2,1H3. The van der Waals surface area contributed by atoms with E-state index in [2.05, 4.69) is 4.98 Å². The Hall–Kier alpha value is -1.61. The van der Waals surface area contributed by atoms with Crippen LogP contribution in [0.5, 0.6) is 0 Å². The summed E-state index contributed by atoms with van der Waals surface area (Å²) in [6.45, 7) is 0.604. The molecule has 1 aromatic carbocycles. The van der Waals surface area contributed by atoms with E-state index in [1.165, 1.54) is 12.1 Å². The van der Waals surface area contributed by atoms with Crippen molar-refractivity contribution in [2.45, 2.75) is 6.54 Å². The molecule has 88 valence electrons. The molecule has 0 unspecified atom stereocenters. The fourth-order valence-corrected chi connectivity index (χ4v) is 1.70. The van der Waals surface area contributed by atoms with Gasteiger partial charge in [-0.15, -0.1) is 0 Å². The number of halogens is 2. The zero-order chi connectivity index (χ0) is 12.3. The van der Waals surface area contributed by atoms with Gasteiger partial charge >= 0.3 is 0 Å². The minimum absolute atomic E-state index is 0.222. The lowest BCUT2D eigenvalue weighted by molar-refractivity contribution is 0.625. The summed E-state index contributed by atoms with van der Waals surface area (Å²) in [4.78, 5) is 6.13. The highest BCUT2D eigenvalue weighted by atomic mass is 35.5. The van der Waals surface area contributed by atoms with Crippen molar-refractivity contribution >= 4 is 17.4 Å². The molecule has 0 radical (unpaired) electrons. The van der Waals surface area contributed by atoms with Crippen molar-refractivity contribution in [2.75, 3.05) is 11.9 Å². The Morgan fingerprint density at radius 2 is 2.12 bits per heavy atom. The Kier molecular flexibility index (Phi) is 3.59. The van der Waals surface area contributed by atoms with Crippen LogP contribution < -0.4 is 4.90 Å². The second kappa shape index (κ2) is 5.15. The number of rotatable bonds is 3. The molecule has 0 aliphatic heterocycles. The molecule has 0 N–H and O–H groups in total. The summed E-state index contributed by atoms with van der Waals surface area (Å²) < 4.78 is 13.0. The number of hydrogen-bond donors (Lipinski definition) is 0. The molecule has 0 saturated heterocycles. The second-order valence-corrected chi connectivity index (χ2v) is 4.26. The van der Waals surface area contributed by atoms with Crippen LogP contribution in [0.1, 0.15) is 5.56 Å². The van der Waals surface area contributed by atoms with Gasteiger partial charge in [0, 0.05) is 19.8 Å². The van der Waals surface area contributed by atoms with Crippen molar-refractivity contribution in [3.8, 4) is 0 Å². The van der Waals surface area contributed by atoms with Crippen LogP contribution in [-0.4, -0.2) is 12.0 Å². The summed E-state index contributed by atoms with van der Waals surface area (Å²) in [5.74, 6) is 0.582. The van der Waals surface area contributed by atoms with E-state index in [1.54, 1.807) is 18.3 Å². The number of nitrogens with zero attached hydrogens (tertiary/aromatic N) is 2. The molecule has 2 aromatic rings. The molecule has 0 aliphatic rings. The first-order valence-corrected chi connectivity index (χ1v) is 5.60. The third-order valence-electron chi connectivity index (χ3n) is 2.41. The number of aromatic nitrogens is 1. The molecule has 1 heterocycles. The first-order chi connectivity index (χ1) is 8.15. The van der Waals surface area contributed by atoms with Crippen molar-refractivity contribution in [3.05, 3.63) is 59.0 Å². The summed E-state index contributed by atoms with van der Waals surface area (Å²) in [6.07, 6.45) is 1.60. The SMILES string of the molecule is CN(Cc1cccc(F)c1)c1ccc(Cl)cn1. The third kappa shape index (κ3) is 3.17. The van der Waals surface area contributed by atoms with E-state index < -0.39 is 0 Å². The van der Waals surface area contributed by atoms with E-state index in [4.69, 9.17) is 11.6 Å². The van der Waals surface area contributed by atoms with Gasteiger partial charge in [0.2, 0.25) is 0 Å². The fraction of sp³-hybridized carbons (Fsp3) is 0.154. The largest absolute Gasteiger partial charge is 0.355 e. The molecule has 0 saturated carbocycles. The lowest BCUT2D eigenvalue weighted by Crippen LogP contribution is -2.17. The third-order valence-corrected chi connectivity index (χ3v) is 2.64. The summed E-state index contributed by atoms with van der Waals surface area (Å²) in [5.41, 5.74) is 0.907. The van der Waals surface area contributed by atoms with Gasteiger partial charge in [-0.2, -0.15) is 0 Å². The summed E-state index contributed by atoms with van der Waals surface area (Å²) in [6, 6.07) is 10.2. The first-order valence-electron chi connectivity index (χ1n) is 5.22. The van der Waals surface area contributed by atoms with Gasteiger partial charge in [0.05, 0.1) is 5.02 Å². The quantitative estimate of drug-likeness (QED) is 0.829. The summed E-state index contributed by atoms with van der Waals surface area (Å²) in [7, 11) is 1.90. The van der Waals surface area contributed by atoms with Crippen LogP contribution in [0, 0.1) is 5.82 Å². The molecule has 0 bridgehead atoms.